The largest absolute Gasteiger partial charge is 0.280 e. The van der Waals surface area contributed by atoms with Gasteiger partial charge in [0.1, 0.15) is 0 Å². The van der Waals surface area contributed by atoms with E-state index in [9.17, 15) is 8.42 Å². The van der Waals surface area contributed by atoms with Crippen molar-refractivity contribution in [2.45, 2.75) is 18.5 Å². The van der Waals surface area contributed by atoms with E-state index in [0.717, 1.165) is 5.56 Å². The van der Waals surface area contributed by atoms with Crippen molar-refractivity contribution in [1.82, 2.24) is 20.0 Å². The van der Waals surface area contributed by atoms with Crippen LogP contribution in [0, 0.1) is 6.92 Å². The fourth-order valence-electron chi connectivity index (χ4n) is 1.46. The molecule has 6 nitrogen and oxygen atoms in total. The molecule has 0 aromatic carbocycles. The normalized spacial score (nSPS) is 11.6. The first kappa shape index (κ1) is 12.0. The molecule has 0 saturated carbocycles. The first-order valence-electron chi connectivity index (χ1n) is 4.72. The van der Waals surface area contributed by atoms with Gasteiger partial charge in [-0.2, -0.15) is 0 Å². The minimum atomic E-state index is -3.85. The number of halogens is 1. The van der Waals surface area contributed by atoms with Crippen molar-refractivity contribution >= 4 is 19.7 Å². The zero-order chi connectivity index (χ0) is 12.5. The lowest BCUT2D eigenvalue weighted by Crippen LogP contribution is -2.09. The molecule has 0 aliphatic rings. The molecule has 2 aromatic heterocycles. The van der Waals surface area contributed by atoms with E-state index in [0.29, 0.717) is 0 Å². The highest BCUT2D eigenvalue weighted by molar-refractivity contribution is 8.13. The van der Waals surface area contributed by atoms with Crippen LogP contribution in [0.4, 0.5) is 0 Å². The molecule has 0 N–H and O–H groups in total. The Morgan fingerprint density at radius 1 is 1.47 bits per heavy atom. The molecule has 2 heterocycles. The first-order chi connectivity index (χ1) is 7.98. The quantitative estimate of drug-likeness (QED) is 0.778. The molecule has 17 heavy (non-hydrogen) atoms. The van der Waals surface area contributed by atoms with Crippen molar-refractivity contribution in [3.05, 3.63) is 35.8 Å². The van der Waals surface area contributed by atoms with E-state index in [1.54, 1.807) is 25.4 Å². The molecule has 0 bridgehead atoms. The average Bonchev–Trinajstić information content (AvgIpc) is 2.60. The molecular weight excluding hydrogens is 264 g/mol. The fraction of sp³-hybridized carbons (Fsp3) is 0.222. The Kier molecular flexibility index (Phi) is 3.12. The highest BCUT2D eigenvalue weighted by Gasteiger charge is 2.21. The number of aromatic nitrogens is 4. The highest BCUT2D eigenvalue weighted by atomic mass is 35.7. The Morgan fingerprint density at radius 2 is 2.24 bits per heavy atom. The lowest BCUT2D eigenvalue weighted by atomic mass is 10.3. The molecule has 8 heteroatoms. The van der Waals surface area contributed by atoms with Crippen LogP contribution in [0.1, 0.15) is 11.3 Å². The summed E-state index contributed by atoms with van der Waals surface area (Å²) < 4.78 is 24.0. The van der Waals surface area contributed by atoms with Gasteiger partial charge >= 0.3 is 0 Å². The van der Waals surface area contributed by atoms with Gasteiger partial charge in [0, 0.05) is 23.1 Å². The standard InChI is InChI=1S/C9H9ClN4O2S/c1-7-9(17(10,15)16)14(13-12-7)6-8-3-2-4-11-5-8/h2-5H,6H2,1H3. The van der Waals surface area contributed by atoms with Gasteiger partial charge in [-0.15, -0.1) is 5.10 Å². The third-order valence-electron chi connectivity index (χ3n) is 2.13. The Bertz CT molecular complexity index is 624. The highest BCUT2D eigenvalue weighted by Crippen LogP contribution is 2.18. The lowest BCUT2D eigenvalue weighted by molar-refractivity contribution is 0.565. The Morgan fingerprint density at radius 3 is 2.82 bits per heavy atom. The van der Waals surface area contributed by atoms with Crippen molar-refractivity contribution in [2.75, 3.05) is 0 Å². The summed E-state index contributed by atoms with van der Waals surface area (Å²) in [4.78, 5) is 3.94. The van der Waals surface area contributed by atoms with Gasteiger partial charge in [-0.05, 0) is 18.6 Å². The zero-order valence-electron chi connectivity index (χ0n) is 8.91. The Labute approximate surface area is 103 Å². The van der Waals surface area contributed by atoms with Gasteiger partial charge in [0.25, 0.3) is 9.05 Å². The zero-order valence-corrected chi connectivity index (χ0v) is 10.5. The summed E-state index contributed by atoms with van der Waals surface area (Å²) in [6, 6.07) is 3.57. The van der Waals surface area contributed by atoms with Gasteiger partial charge in [-0.3, -0.25) is 4.98 Å². The minimum Gasteiger partial charge on any atom is -0.264 e. The lowest BCUT2D eigenvalue weighted by Gasteiger charge is -2.03. The summed E-state index contributed by atoms with van der Waals surface area (Å²) in [5.74, 6) is 0. The summed E-state index contributed by atoms with van der Waals surface area (Å²) in [6.07, 6.45) is 3.26. The van der Waals surface area contributed by atoms with Crippen molar-refractivity contribution in [3.63, 3.8) is 0 Å². The molecule has 2 aromatic rings. The van der Waals surface area contributed by atoms with Crippen LogP contribution >= 0.6 is 10.7 Å². The van der Waals surface area contributed by atoms with Crippen molar-refractivity contribution < 1.29 is 8.42 Å². The van der Waals surface area contributed by atoms with Gasteiger partial charge in [-0.25, -0.2) is 13.1 Å². The maximum absolute atomic E-state index is 11.4. The predicted molar refractivity (Wildman–Crippen MR) is 61.1 cm³/mol. The average molecular weight is 273 g/mol. The number of hydrogen-bond acceptors (Lipinski definition) is 5. The third kappa shape index (κ3) is 2.62. The number of nitrogens with zero attached hydrogens (tertiary/aromatic N) is 4. The third-order valence-corrected chi connectivity index (χ3v) is 3.54. The maximum Gasteiger partial charge on any atom is 0.280 e. The Balaban J connectivity index is 2.42. The monoisotopic (exact) mass is 272 g/mol. The van der Waals surface area contributed by atoms with E-state index in [1.165, 1.54) is 4.68 Å². The van der Waals surface area contributed by atoms with Crippen LogP contribution in [0.25, 0.3) is 0 Å². The molecule has 0 spiro atoms. The second kappa shape index (κ2) is 4.42. The predicted octanol–water partition coefficient (Wildman–Crippen LogP) is 0.957. The Hall–Kier alpha value is -1.47. The molecule has 0 radical (unpaired) electrons. The van der Waals surface area contributed by atoms with Crippen LogP contribution < -0.4 is 0 Å². The molecule has 0 aliphatic carbocycles. The van der Waals surface area contributed by atoms with Crippen LogP contribution in [-0.4, -0.2) is 28.4 Å². The van der Waals surface area contributed by atoms with Crippen molar-refractivity contribution in [1.29, 1.82) is 0 Å². The SMILES string of the molecule is Cc1nnn(Cc2cccnc2)c1S(=O)(=O)Cl. The van der Waals surface area contributed by atoms with E-state index >= 15 is 0 Å². The molecule has 0 saturated heterocycles. The van der Waals surface area contributed by atoms with Crippen molar-refractivity contribution in [3.8, 4) is 0 Å². The first-order valence-corrected chi connectivity index (χ1v) is 7.03. The van der Waals surface area contributed by atoms with Crippen LogP contribution in [0.3, 0.4) is 0 Å². The van der Waals surface area contributed by atoms with E-state index in [4.69, 9.17) is 10.7 Å². The van der Waals surface area contributed by atoms with E-state index in [1.807, 2.05) is 6.07 Å². The van der Waals surface area contributed by atoms with Crippen LogP contribution in [0.15, 0.2) is 29.6 Å². The molecule has 0 aliphatic heterocycles. The molecular formula is C9H9ClN4O2S. The topological polar surface area (TPSA) is 77.7 Å². The van der Waals surface area contributed by atoms with Gasteiger partial charge in [0.15, 0.2) is 5.03 Å². The number of pyridine rings is 1. The molecule has 0 amide bonds. The number of hydrogen-bond donors (Lipinski definition) is 0. The molecule has 2 rings (SSSR count). The van der Waals surface area contributed by atoms with E-state index < -0.39 is 9.05 Å². The van der Waals surface area contributed by atoms with Crippen LogP contribution in [-0.2, 0) is 15.6 Å². The van der Waals surface area contributed by atoms with Crippen LogP contribution in [0.2, 0.25) is 0 Å². The molecule has 0 unspecified atom stereocenters. The molecule has 0 fully saturated rings. The minimum absolute atomic E-state index is 0.0805. The smallest absolute Gasteiger partial charge is 0.264 e. The van der Waals surface area contributed by atoms with E-state index in [2.05, 4.69) is 15.3 Å². The maximum atomic E-state index is 11.4. The van der Waals surface area contributed by atoms with Gasteiger partial charge in [-0.1, -0.05) is 11.3 Å². The fourth-order valence-corrected chi connectivity index (χ4v) is 2.78. The molecule has 0 atom stereocenters. The van der Waals surface area contributed by atoms with Gasteiger partial charge in [0.05, 0.1) is 12.2 Å². The summed E-state index contributed by atoms with van der Waals surface area (Å²) >= 11 is 0. The second-order valence-corrected chi connectivity index (χ2v) is 5.92. The summed E-state index contributed by atoms with van der Waals surface area (Å²) in [6.45, 7) is 1.80. The van der Waals surface area contributed by atoms with Crippen molar-refractivity contribution in [2.24, 2.45) is 0 Å². The van der Waals surface area contributed by atoms with Gasteiger partial charge < -0.3 is 0 Å². The number of aryl methyl sites for hydroxylation is 1. The molecule has 90 valence electrons. The van der Waals surface area contributed by atoms with E-state index in [-0.39, 0.29) is 17.3 Å². The number of rotatable bonds is 3. The summed E-state index contributed by atoms with van der Waals surface area (Å²) in [7, 11) is 1.48. The summed E-state index contributed by atoms with van der Waals surface area (Å²) in [5, 5.41) is 7.38. The summed E-state index contributed by atoms with van der Waals surface area (Å²) in [5.41, 5.74) is 1.10. The van der Waals surface area contributed by atoms with Gasteiger partial charge in [0.2, 0.25) is 0 Å². The second-order valence-electron chi connectivity index (χ2n) is 3.44. The van der Waals surface area contributed by atoms with Crippen LogP contribution in [0.5, 0.6) is 0 Å².